The Hall–Kier alpha value is -3.81. The highest BCUT2D eigenvalue weighted by molar-refractivity contribution is 6.07. The Kier molecular flexibility index (Phi) is 4.80. The summed E-state index contributed by atoms with van der Waals surface area (Å²) in [4.78, 5) is 37.5. The Bertz CT molecular complexity index is 1080. The SMILES string of the molecule is COc1ccc(-c2ccc(C(=O)c3cc(=O)n(O)c(=O)[nH]3)cc2)cc1OC. The van der Waals surface area contributed by atoms with Crippen LogP contribution in [0.4, 0.5) is 0 Å². The molecule has 0 saturated carbocycles. The van der Waals surface area contributed by atoms with Gasteiger partial charge in [-0.2, -0.15) is 0 Å². The van der Waals surface area contributed by atoms with E-state index >= 15 is 0 Å². The number of hydrogen-bond acceptors (Lipinski definition) is 6. The molecule has 8 heteroatoms. The number of carbonyl (C=O) groups excluding carboxylic acids is 1. The summed E-state index contributed by atoms with van der Waals surface area (Å²) in [5.74, 6) is 0.650. The maximum absolute atomic E-state index is 12.5. The van der Waals surface area contributed by atoms with Crippen LogP contribution < -0.4 is 20.7 Å². The molecule has 0 unspecified atom stereocenters. The molecule has 2 aromatic carbocycles. The van der Waals surface area contributed by atoms with Gasteiger partial charge in [-0.1, -0.05) is 35.1 Å². The number of benzene rings is 2. The van der Waals surface area contributed by atoms with Gasteiger partial charge >= 0.3 is 5.69 Å². The first-order valence-electron chi connectivity index (χ1n) is 7.87. The number of H-pyrrole nitrogens is 1. The lowest BCUT2D eigenvalue weighted by atomic mass is 10.0. The molecule has 3 aromatic rings. The summed E-state index contributed by atoms with van der Waals surface area (Å²) in [7, 11) is 3.10. The van der Waals surface area contributed by atoms with Crippen LogP contribution in [0.15, 0.2) is 58.1 Å². The van der Waals surface area contributed by atoms with E-state index in [0.717, 1.165) is 17.2 Å². The molecular formula is C19H16N2O6. The largest absolute Gasteiger partial charge is 0.493 e. The van der Waals surface area contributed by atoms with E-state index in [2.05, 4.69) is 4.98 Å². The van der Waals surface area contributed by atoms with Crippen LogP contribution in [0.1, 0.15) is 16.1 Å². The van der Waals surface area contributed by atoms with Crippen molar-refractivity contribution in [2.45, 2.75) is 0 Å². The molecule has 1 aromatic heterocycles. The van der Waals surface area contributed by atoms with Gasteiger partial charge in [-0.15, -0.1) is 0 Å². The number of carbonyl (C=O) groups is 1. The fourth-order valence-corrected chi connectivity index (χ4v) is 2.60. The summed E-state index contributed by atoms with van der Waals surface area (Å²) in [6.07, 6.45) is 0. The zero-order valence-electron chi connectivity index (χ0n) is 14.6. The number of ketones is 1. The summed E-state index contributed by atoms with van der Waals surface area (Å²) in [6.45, 7) is 0. The standard InChI is InChI=1S/C19H16N2O6/c1-26-15-8-7-13(9-16(15)27-2)11-3-5-12(6-4-11)18(23)14-10-17(22)21(25)19(24)20-14/h3-10,25H,1-2H3,(H,20,24). The number of aromatic nitrogens is 2. The topological polar surface area (TPSA) is 111 Å². The molecule has 0 radical (unpaired) electrons. The maximum atomic E-state index is 12.5. The van der Waals surface area contributed by atoms with Crippen LogP contribution >= 0.6 is 0 Å². The smallest absolute Gasteiger partial charge is 0.362 e. The average molecular weight is 368 g/mol. The number of rotatable bonds is 5. The third-order valence-electron chi connectivity index (χ3n) is 4.02. The molecule has 0 aliphatic carbocycles. The Labute approximate surface area is 153 Å². The van der Waals surface area contributed by atoms with Crippen molar-refractivity contribution in [2.75, 3.05) is 14.2 Å². The van der Waals surface area contributed by atoms with Gasteiger partial charge in [0.1, 0.15) is 0 Å². The Balaban J connectivity index is 1.93. The van der Waals surface area contributed by atoms with Crippen molar-refractivity contribution in [1.82, 2.24) is 9.71 Å². The third kappa shape index (κ3) is 3.45. The first-order valence-corrected chi connectivity index (χ1v) is 7.87. The molecule has 0 aliphatic heterocycles. The molecule has 0 spiro atoms. The molecule has 0 saturated heterocycles. The van der Waals surface area contributed by atoms with E-state index < -0.39 is 17.0 Å². The highest BCUT2D eigenvalue weighted by atomic mass is 16.5. The Morgan fingerprint density at radius 2 is 1.56 bits per heavy atom. The monoisotopic (exact) mass is 368 g/mol. The lowest BCUT2D eigenvalue weighted by molar-refractivity contribution is 0.103. The van der Waals surface area contributed by atoms with Crippen LogP contribution in [0, 0.1) is 0 Å². The van der Waals surface area contributed by atoms with E-state index in [1.54, 1.807) is 44.6 Å². The Morgan fingerprint density at radius 1 is 0.926 bits per heavy atom. The van der Waals surface area contributed by atoms with Crippen molar-refractivity contribution in [3.05, 3.63) is 80.6 Å². The van der Waals surface area contributed by atoms with E-state index in [0.29, 0.717) is 11.5 Å². The van der Waals surface area contributed by atoms with Gasteiger partial charge in [0.05, 0.1) is 19.9 Å². The molecule has 138 valence electrons. The molecule has 8 nitrogen and oxygen atoms in total. The molecule has 2 N–H and O–H groups in total. The number of nitrogens with zero attached hydrogens (tertiary/aromatic N) is 1. The van der Waals surface area contributed by atoms with Crippen molar-refractivity contribution in [2.24, 2.45) is 0 Å². The predicted molar refractivity (Wildman–Crippen MR) is 96.9 cm³/mol. The second kappa shape index (κ2) is 7.20. The third-order valence-corrected chi connectivity index (χ3v) is 4.02. The number of methoxy groups -OCH3 is 2. The van der Waals surface area contributed by atoms with Gasteiger partial charge in [-0.3, -0.25) is 9.59 Å². The lowest BCUT2D eigenvalue weighted by Crippen LogP contribution is -2.34. The number of hydrogen-bond donors (Lipinski definition) is 2. The number of nitrogens with one attached hydrogen (secondary N) is 1. The second-order valence-corrected chi connectivity index (χ2v) is 5.61. The van der Waals surface area contributed by atoms with Gasteiger partial charge in [0.15, 0.2) is 11.5 Å². The van der Waals surface area contributed by atoms with Gasteiger partial charge in [0.2, 0.25) is 5.78 Å². The fourth-order valence-electron chi connectivity index (χ4n) is 2.60. The van der Waals surface area contributed by atoms with Gasteiger partial charge in [0, 0.05) is 11.6 Å². The quantitative estimate of drug-likeness (QED) is 0.524. The highest BCUT2D eigenvalue weighted by Crippen LogP contribution is 2.32. The van der Waals surface area contributed by atoms with E-state index in [1.807, 2.05) is 12.1 Å². The molecule has 0 fully saturated rings. The van der Waals surface area contributed by atoms with Crippen molar-refractivity contribution in [1.29, 1.82) is 0 Å². The van der Waals surface area contributed by atoms with Gasteiger partial charge in [-0.05, 0) is 23.3 Å². The van der Waals surface area contributed by atoms with E-state index in [-0.39, 0.29) is 16.0 Å². The van der Waals surface area contributed by atoms with Gasteiger partial charge < -0.3 is 19.7 Å². The second-order valence-electron chi connectivity index (χ2n) is 5.61. The fraction of sp³-hybridized carbons (Fsp3) is 0.105. The molecule has 0 atom stereocenters. The lowest BCUT2D eigenvalue weighted by Gasteiger charge is -2.10. The Morgan fingerprint density at radius 3 is 2.15 bits per heavy atom. The molecule has 0 bridgehead atoms. The van der Waals surface area contributed by atoms with Crippen LogP contribution in [-0.2, 0) is 0 Å². The van der Waals surface area contributed by atoms with Crippen molar-refractivity contribution in [3.63, 3.8) is 0 Å². The molecule has 27 heavy (non-hydrogen) atoms. The van der Waals surface area contributed by atoms with Crippen molar-refractivity contribution >= 4 is 5.78 Å². The zero-order valence-corrected chi connectivity index (χ0v) is 14.6. The summed E-state index contributed by atoms with van der Waals surface area (Å²) < 4.78 is 10.4. The van der Waals surface area contributed by atoms with E-state index in [9.17, 15) is 14.4 Å². The van der Waals surface area contributed by atoms with Gasteiger partial charge in [-0.25, -0.2) is 4.79 Å². The normalized spacial score (nSPS) is 10.4. The van der Waals surface area contributed by atoms with Crippen LogP contribution in [0.2, 0.25) is 0 Å². The van der Waals surface area contributed by atoms with E-state index in [4.69, 9.17) is 14.7 Å². The van der Waals surface area contributed by atoms with Crippen molar-refractivity contribution < 1.29 is 19.5 Å². The number of ether oxygens (including phenoxy) is 2. The average Bonchev–Trinajstić information content (AvgIpc) is 2.70. The first kappa shape index (κ1) is 18.0. The maximum Gasteiger partial charge on any atom is 0.362 e. The van der Waals surface area contributed by atoms with Crippen LogP contribution in [0.5, 0.6) is 11.5 Å². The molecular weight excluding hydrogens is 352 g/mol. The minimum absolute atomic E-state index is 0.100. The number of aromatic amines is 1. The van der Waals surface area contributed by atoms with Crippen LogP contribution in [0.25, 0.3) is 11.1 Å². The predicted octanol–water partition coefficient (Wildman–Crippen LogP) is 1.69. The van der Waals surface area contributed by atoms with Crippen LogP contribution in [-0.4, -0.2) is 34.9 Å². The summed E-state index contributed by atoms with van der Waals surface area (Å²) in [5.41, 5.74) is -0.273. The molecule has 0 amide bonds. The minimum atomic E-state index is -1.08. The van der Waals surface area contributed by atoms with E-state index in [1.165, 1.54) is 0 Å². The highest BCUT2D eigenvalue weighted by Gasteiger charge is 2.14. The summed E-state index contributed by atoms with van der Waals surface area (Å²) >= 11 is 0. The molecule has 3 rings (SSSR count). The first-order chi connectivity index (χ1) is 12.9. The summed E-state index contributed by atoms with van der Waals surface area (Å²) in [5, 5.41) is 9.16. The van der Waals surface area contributed by atoms with Crippen LogP contribution in [0.3, 0.4) is 0 Å². The minimum Gasteiger partial charge on any atom is -0.493 e. The van der Waals surface area contributed by atoms with Gasteiger partial charge in [0.25, 0.3) is 5.56 Å². The molecule has 1 heterocycles. The summed E-state index contributed by atoms with van der Waals surface area (Å²) in [6, 6.07) is 13.0. The van der Waals surface area contributed by atoms with Crippen molar-refractivity contribution in [3.8, 4) is 22.6 Å². The molecule has 0 aliphatic rings. The zero-order chi connectivity index (χ0) is 19.6.